The highest BCUT2D eigenvalue weighted by molar-refractivity contribution is 9.10. The predicted octanol–water partition coefficient (Wildman–Crippen LogP) is 2.12. The molecule has 8 heavy (non-hydrogen) atoms. The van der Waals surface area contributed by atoms with Crippen LogP contribution in [0.2, 0.25) is 0 Å². The van der Waals surface area contributed by atoms with Gasteiger partial charge in [-0.2, -0.15) is 0 Å². The van der Waals surface area contributed by atoms with E-state index in [9.17, 15) is 4.79 Å². The van der Waals surface area contributed by atoms with Crippen molar-refractivity contribution in [2.45, 2.75) is 18.2 Å². The van der Waals surface area contributed by atoms with Gasteiger partial charge in [0.25, 0.3) is 0 Å². The molecule has 1 atom stereocenters. The number of hydrogen-bond donors (Lipinski definition) is 0. The Kier molecular flexibility index (Phi) is 4.86. The predicted molar refractivity (Wildman–Crippen MR) is 41.8 cm³/mol. The lowest BCUT2D eigenvalue weighted by Gasteiger charge is -1.96. The summed E-state index contributed by atoms with van der Waals surface area (Å²) in [5.74, 6) is 0.252. The van der Waals surface area contributed by atoms with Crippen molar-refractivity contribution in [1.29, 1.82) is 0 Å². The van der Waals surface area contributed by atoms with E-state index in [-0.39, 0.29) is 10.6 Å². The summed E-state index contributed by atoms with van der Waals surface area (Å²) in [6.45, 7) is 1.84. The van der Waals surface area contributed by atoms with E-state index in [2.05, 4.69) is 31.9 Å². The van der Waals surface area contributed by atoms with Crippen molar-refractivity contribution < 1.29 is 4.79 Å². The Balaban J connectivity index is 3.33. The molecule has 48 valence electrons. The summed E-state index contributed by atoms with van der Waals surface area (Å²) in [6.07, 6.45) is 0.617. The first-order valence-corrected chi connectivity index (χ1v) is 4.45. The highest BCUT2D eigenvalue weighted by atomic mass is 79.9. The minimum atomic E-state index is 0.0139. The van der Waals surface area contributed by atoms with E-state index in [1.165, 1.54) is 0 Å². The molecule has 0 N–H and O–H groups in total. The van der Waals surface area contributed by atoms with Gasteiger partial charge in [-0.25, -0.2) is 0 Å². The zero-order valence-corrected chi connectivity index (χ0v) is 7.83. The molecule has 0 spiro atoms. The molecule has 0 radical (unpaired) electrons. The first kappa shape index (κ1) is 8.63. The van der Waals surface area contributed by atoms with Gasteiger partial charge in [-0.1, -0.05) is 31.9 Å². The Morgan fingerprint density at radius 1 is 1.75 bits per heavy atom. The van der Waals surface area contributed by atoms with Crippen LogP contribution in [0.3, 0.4) is 0 Å². The van der Waals surface area contributed by atoms with Gasteiger partial charge in [-0.15, -0.1) is 0 Å². The second-order valence-corrected chi connectivity index (χ2v) is 3.69. The monoisotopic (exact) mass is 242 g/mol. The summed E-state index contributed by atoms with van der Waals surface area (Å²) in [5, 5.41) is 0.766. The third kappa shape index (κ3) is 3.61. The third-order valence-corrected chi connectivity index (χ3v) is 1.69. The van der Waals surface area contributed by atoms with Crippen molar-refractivity contribution in [3.8, 4) is 0 Å². The maximum absolute atomic E-state index is 10.7. The number of carbonyl (C=O) groups is 1. The number of rotatable bonds is 3. The quantitative estimate of drug-likeness (QED) is 0.695. The molecule has 0 bridgehead atoms. The maximum atomic E-state index is 10.7. The molecule has 0 aliphatic heterocycles. The summed E-state index contributed by atoms with van der Waals surface area (Å²) < 4.78 is 0. The SMILES string of the molecule is CC(Br)C(=O)CCBr. The summed E-state index contributed by atoms with van der Waals surface area (Å²) in [4.78, 5) is 10.7. The lowest BCUT2D eigenvalue weighted by molar-refractivity contribution is -0.117. The van der Waals surface area contributed by atoms with Crippen molar-refractivity contribution >= 4 is 37.6 Å². The molecule has 0 aromatic heterocycles. The van der Waals surface area contributed by atoms with Gasteiger partial charge in [-0.3, -0.25) is 4.79 Å². The lowest BCUT2D eigenvalue weighted by atomic mass is 10.2. The Morgan fingerprint density at radius 2 is 2.25 bits per heavy atom. The van der Waals surface area contributed by atoms with E-state index in [1.54, 1.807) is 0 Å². The van der Waals surface area contributed by atoms with Crippen molar-refractivity contribution in [1.82, 2.24) is 0 Å². The highest BCUT2D eigenvalue weighted by Gasteiger charge is 2.05. The van der Waals surface area contributed by atoms with Crippen LogP contribution in [-0.4, -0.2) is 15.9 Å². The van der Waals surface area contributed by atoms with E-state index >= 15 is 0 Å². The van der Waals surface area contributed by atoms with Gasteiger partial charge in [0.2, 0.25) is 0 Å². The second-order valence-electron chi connectivity index (χ2n) is 1.52. The van der Waals surface area contributed by atoms with Crippen molar-refractivity contribution in [2.24, 2.45) is 0 Å². The number of carbonyl (C=O) groups excluding carboxylic acids is 1. The summed E-state index contributed by atoms with van der Waals surface area (Å²) in [5.41, 5.74) is 0. The molecular weight excluding hydrogens is 236 g/mol. The summed E-state index contributed by atoms with van der Waals surface area (Å²) in [7, 11) is 0. The zero-order chi connectivity index (χ0) is 6.57. The van der Waals surface area contributed by atoms with Crippen LogP contribution in [0.4, 0.5) is 0 Å². The molecule has 0 aliphatic rings. The molecule has 3 heteroatoms. The average Bonchev–Trinajstić information content (AvgIpc) is 1.67. The van der Waals surface area contributed by atoms with Crippen LogP contribution in [0.1, 0.15) is 13.3 Å². The minimum Gasteiger partial charge on any atom is -0.298 e. The van der Waals surface area contributed by atoms with E-state index in [0.717, 1.165) is 5.33 Å². The summed E-state index contributed by atoms with van der Waals surface area (Å²) in [6, 6.07) is 0. The number of ketones is 1. The van der Waals surface area contributed by atoms with Crippen molar-refractivity contribution in [2.75, 3.05) is 5.33 Å². The first-order chi connectivity index (χ1) is 3.68. The number of halogens is 2. The maximum Gasteiger partial charge on any atom is 0.147 e. The van der Waals surface area contributed by atoms with Gasteiger partial charge in [0.1, 0.15) is 5.78 Å². The van der Waals surface area contributed by atoms with Crippen molar-refractivity contribution in [3.63, 3.8) is 0 Å². The largest absolute Gasteiger partial charge is 0.298 e. The van der Waals surface area contributed by atoms with Crippen molar-refractivity contribution in [3.05, 3.63) is 0 Å². The Morgan fingerprint density at radius 3 is 2.38 bits per heavy atom. The van der Waals surface area contributed by atoms with Crippen LogP contribution in [0.15, 0.2) is 0 Å². The van der Waals surface area contributed by atoms with Crippen LogP contribution in [-0.2, 0) is 4.79 Å². The van der Waals surface area contributed by atoms with Gasteiger partial charge >= 0.3 is 0 Å². The van der Waals surface area contributed by atoms with Crippen LogP contribution in [0.25, 0.3) is 0 Å². The minimum absolute atomic E-state index is 0.0139. The normalized spacial score (nSPS) is 13.4. The molecule has 0 heterocycles. The molecule has 0 rings (SSSR count). The number of alkyl halides is 2. The number of hydrogen-bond acceptors (Lipinski definition) is 1. The number of Topliss-reactive ketones (excluding diaryl/α,β-unsaturated/α-hetero) is 1. The van der Waals surface area contributed by atoms with Gasteiger partial charge < -0.3 is 0 Å². The molecule has 0 aliphatic carbocycles. The molecule has 0 aromatic carbocycles. The fraction of sp³-hybridized carbons (Fsp3) is 0.800. The molecule has 1 nitrogen and oxygen atoms in total. The molecular formula is C5H8Br2O. The van der Waals surface area contributed by atoms with E-state index in [4.69, 9.17) is 0 Å². The summed E-state index contributed by atoms with van der Waals surface area (Å²) >= 11 is 6.35. The van der Waals surface area contributed by atoms with Crippen LogP contribution >= 0.6 is 31.9 Å². The molecule has 0 saturated heterocycles. The smallest absolute Gasteiger partial charge is 0.147 e. The van der Waals surface area contributed by atoms with Gasteiger partial charge in [0.05, 0.1) is 4.83 Å². The Labute approximate surface area is 66.1 Å². The van der Waals surface area contributed by atoms with Gasteiger partial charge in [0.15, 0.2) is 0 Å². The Hall–Kier alpha value is 0.630. The fourth-order valence-electron chi connectivity index (χ4n) is 0.292. The topological polar surface area (TPSA) is 17.1 Å². The molecule has 0 amide bonds. The highest BCUT2D eigenvalue weighted by Crippen LogP contribution is 2.02. The third-order valence-electron chi connectivity index (χ3n) is 0.785. The lowest BCUT2D eigenvalue weighted by Crippen LogP contribution is -2.08. The average molecular weight is 244 g/mol. The van der Waals surface area contributed by atoms with Crippen LogP contribution in [0.5, 0.6) is 0 Å². The second kappa shape index (κ2) is 4.50. The van der Waals surface area contributed by atoms with Gasteiger partial charge in [-0.05, 0) is 6.92 Å². The van der Waals surface area contributed by atoms with Gasteiger partial charge in [0, 0.05) is 11.8 Å². The van der Waals surface area contributed by atoms with Crippen LogP contribution in [0, 0.1) is 0 Å². The molecule has 1 unspecified atom stereocenters. The standard InChI is InChI=1S/C5H8Br2O/c1-4(7)5(8)2-3-6/h4H,2-3H2,1H3. The Bertz CT molecular complexity index is 80.5. The molecule has 0 fully saturated rings. The first-order valence-electron chi connectivity index (χ1n) is 2.41. The van der Waals surface area contributed by atoms with E-state index in [0.29, 0.717) is 6.42 Å². The fourth-order valence-corrected chi connectivity index (χ4v) is 0.912. The van der Waals surface area contributed by atoms with Crippen LogP contribution < -0.4 is 0 Å². The van der Waals surface area contributed by atoms with E-state index < -0.39 is 0 Å². The zero-order valence-electron chi connectivity index (χ0n) is 4.66. The molecule has 0 saturated carbocycles. The molecule has 0 aromatic rings. The van der Waals surface area contributed by atoms with E-state index in [1.807, 2.05) is 6.92 Å².